The van der Waals surface area contributed by atoms with Gasteiger partial charge in [0.05, 0.1) is 8.07 Å². The molecule has 0 aromatic carbocycles. The van der Waals surface area contributed by atoms with Crippen LogP contribution in [0.1, 0.15) is 25.7 Å². The van der Waals surface area contributed by atoms with Gasteiger partial charge in [-0.15, -0.1) is 0 Å². The zero-order valence-electron chi connectivity index (χ0n) is 8.97. The Morgan fingerprint density at radius 3 is 2.77 bits per heavy atom. The molecule has 2 heteroatoms. The molecule has 0 amide bonds. The number of carbonyl (C=O) groups is 1. The molecule has 0 bridgehead atoms. The highest BCUT2D eigenvalue weighted by Crippen LogP contribution is 2.39. The summed E-state index contributed by atoms with van der Waals surface area (Å²) in [5.41, 5.74) is 2.19. The van der Waals surface area contributed by atoms with Crippen LogP contribution in [0.5, 0.6) is 0 Å². The van der Waals surface area contributed by atoms with E-state index >= 15 is 0 Å². The third-order valence-corrected chi connectivity index (χ3v) is 5.67. The Hall–Kier alpha value is -0.373. The van der Waals surface area contributed by atoms with Crippen molar-refractivity contribution in [2.45, 2.75) is 50.9 Å². The second-order valence-electron chi connectivity index (χ2n) is 5.00. The van der Waals surface area contributed by atoms with Gasteiger partial charge in [-0.1, -0.05) is 31.3 Å². The van der Waals surface area contributed by atoms with Gasteiger partial charge >= 0.3 is 0 Å². The Balaban J connectivity index is 2.76. The molecule has 0 saturated heterocycles. The Labute approximate surface area is 82.2 Å². The summed E-state index contributed by atoms with van der Waals surface area (Å²) in [7, 11) is -1.08. The van der Waals surface area contributed by atoms with Crippen molar-refractivity contribution in [3.05, 3.63) is 11.6 Å². The van der Waals surface area contributed by atoms with Gasteiger partial charge in [0.25, 0.3) is 0 Å². The summed E-state index contributed by atoms with van der Waals surface area (Å²) in [6.45, 7) is 7.21. The highest BCUT2D eigenvalue weighted by atomic mass is 28.3. The number of aldehydes is 1. The Morgan fingerprint density at radius 2 is 2.23 bits per heavy atom. The van der Waals surface area contributed by atoms with Gasteiger partial charge in [-0.2, -0.15) is 0 Å². The summed E-state index contributed by atoms with van der Waals surface area (Å²) in [6.07, 6.45) is 7.86. The predicted molar refractivity (Wildman–Crippen MR) is 59.7 cm³/mol. The molecule has 1 atom stereocenters. The molecule has 0 aromatic heterocycles. The normalized spacial score (nSPS) is 23.9. The molecule has 0 aromatic rings. The molecule has 1 unspecified atom stereocenters. The largest absolute Gasteiger partial charge is 0.303 e. The van der Waals surface area contributed by atoms with Crippen molar-refractivity contribution in [1.82, 2.24) is 0 Å². The molecule has 0 saturated carbocycles. The van der Waals surface area contributed by atoms with E-state index in [1.807, 2.05) is 0 Å². The molecule has 0 radical (unpaired) electrons. The first-order valence-electron chi connectivity index (χ1n) is 5.18. The molecule has 0 heterocycles. The Morgan fingerprint density at radius 1 is 1.54 bits per heavy atom. The van der Waals surface area contributed by atoms with Gasteiger partial charge in [0, 0.05) is 6.42 Å². The van der Waals surface area contributed by atoms with E-state index in [1.54, 1.807) is 0 Å². The molecule has 0 N–H and O–H groups in total. The molecule has 1 aliphatic rings. The first kappa shape index (κ1) is 10.7. The molecule has 0 fully saturated rings. The maximum atomic E-state index is 10.5. The second kappa shape index (κ2) is 4.23. The van der Waals surface area contributed by atoms with Crippen LogP contribution in [-0.4, -0.2) is 14.4 Å². The van der Waals surface area contributed by atoms with Crippen LogP contribution in [0, 0.1) is 0 Å². The molecule has 74 valence electrons. The Kier molecular flexibility index (Phi) is 3.48. The minimum atomic E-state index is -1.08. The van der Waals surface area contributed by atoms with Crippen LogP contribution in [0.4, 0.5) is 0 Å². The summed E-state index contributed by atoms with van der Waals surface area (Å²) in [5, 5.41) is 0. The van der Waals surface area contributed by atoms with E-state index in [9.17, 15) is 4.79 Å². The third-order valence-electron chi connectivity index (χ3n) is 2.92. The first-order chi connectivity index (χ1) is 6.05. The maximum Gasteiger partial charge on any atom is 0.124 e. The number of hydrogen-bond acceptors (Lipinski definition) is 1. The van der Waals surface area contributed by atoms with E-state index in [-0.39, 0.29) is 0 Å². The van der Waals surface area contributed by atoms with Crippen molar-refractivity contribution in [2.75, 3.05) is 0 Å². The lowest BCUT2D eigenvalue weighted by molar-refractivity contribution is -0.107. The van der Waals surface area contributed by atoms with Crippen LogP contribution in [-0.2, 0) is 4.79 Å². The van der Waals surface area contributed by atoms with Crippen molar-refractivity contribution in [1.29, 1.82) is 0 Å². The van der Waals surface area contributed by atoms with Gasteiger partial charge < -0.3 is 4.79 Å². The number of allylic oxidation sites excluding steroid dienone is 2. The van der Waals surface area contributed by atoms with Gasteiger partial charge in [-0.3, -0.25) is 0 Å². The van der Waals surface area contributed by atoms with Crippen molar-refractivity contribution in [2.24, 2.45) is 0 Å². The number of carbonyl (C=O) groups excluding carboxylic acids is 1. The lowest BCUT2D eigenvalue weighted by Crippen LogP contribution is -2.30. The fourth-order valence-corrected chi connectivity index (χ4v) is 4.67. The smallest absolute Gasteiger partial charge is 0.124 e. The highest BCUT2D eigenvalue weighted by Gasteiger charge is 2.30. The third kappa shape index (κ3) is 2.80. The lowest BCUT2D eigenvalue weighted by Gasteiger charge is -2.33. The van der Waals surface area contributed by atoms with Crippen molar-refractivity contribution in [3.8, 4) is 0 Å². The molecular formula is C11H20OSi. The SMILES string of the molecule is C[Si](C)(C)C1CCCC=C1CC=O. The quantitative estimate of drug-likeness (QED) is 0.384. The minimum Gasteiger partial charge on any atom is -0.303 e. The van der Waals surface area contributed by atoms with Gasteiger partial charge in [0.15, 0.2) is 0 Å². The monoisotopic (exact) mass is 196 g/mol. The fraction of sp³-hybridized carbons (Fsp3) is 0.727. The summed E-state index contributed by atoms with van der Waals surface area (Å²) < 4.78 is 0. The van der Waals surface area contributed by atoms with Crippen LogP contribution >= 0.6 is 0 Å². The summed E-state index contributed by atoms with van der Waals surface area (Å²) >= 11 is 0. The van der Waals surface area contributed by atoms with Gasteiger partial charge in [0.1, 0.15) is 6.29 Å². The molecule has 0 spiro atoms. The predicted octanol–water partition coefficient (Wildman–Crippen LogP) is 3.39. The van der Waals surface area contributed by atoms with Crippen molar-refractivity contribution < 1.29 is 4.79 Å². The first-order valence-corrected chi connectivity index (χ1v) is 8.76. The highest BCUT2D eigenvalue weighted by molar-refractivity contribution is 6.78. The number of rotatable bonds is 3. The van der Waals surface area contributed by atoms with E-state index in [2.05, 4.69) is 25.7 Å². The molecule has 1 rings (SSSR count). The molecular weight excluding hydrogens is 176 g/mol. The standard InChI is InChI=1S/C11H20OSi/c1-13(2,3)11-7-5-4-6-10(11)8-9-12/h6,9,11H,4-5,7-8H2,1-3H3. The van der Waals surface area contributed by atoms with Crippen molar-refractivity contribution in [3.63, 3.8) is 0 Å². The zero-order valence-corrected chi connectivity index (χ0v) is 9.97. The molecule has 1 aliphatic carbocycles. The van der Waals surface area contributed by atoms with E-state index in [0.29, 0.717) is 6.42 Å². The average molecular weight is 196 g/mol. The topological polar surface area (TPSA) is 17.1 Å². The maximum absolute atomic E-state index is 10.5. The Bertz CT molecular complexity index is 213. The summed E-state index contributed by atoms with van der Waals surface area (Å²) in [5.74, 6) is 0. The van der Waals surface area contributed by atoms with E-state index < -0.39 is 8.07 Å². The van der Waals surface area contributed by atoms with Crippen LogP contribution < -0.4 is 0 Å². The van der Waals surface area contributed by atoms with Crippen LogP contribution in [0.3, 0.4) is 0 Å². The van der Waals surface area contributed by atoms with Gasteiger partial charge in [0.2, 0.25) is 0 Å². The van der Waals surface area contributed by atoms with Gasteiger partial charge in [-0.25, -0.2) is 0 Å². The van der Waals surface area contributed by atoms with Crippen LogP contribution in [0.25, 0.3) is 0 Å². The summed E-state index contributed by atoms with van der Waals surface area (Å²) in [4.78, 5) is 10.5. The average Bonchev–Trinajstić information content (AvgIpc) is 2.04. The summed E-state index contributed by atoms with van der Waals surface area (Å²) in [6, 6.07) is 0. The zero-order chi connectivity index (χ0) is 9.90. The van der Waals surface area contributed by atoms with E-state index in [0.717, 1.165) is 11.8 Å². The molecule has 0 aliphatic heterocycles. The van der Waals surface area contributed by atoms with Crippen molar-refractivity contribution >= 4 is 14.4 Å². The lowest BCUT2D eigenvalue weighted by atomic mass is 9.97. The number of hydrogen-bond donors (Lipinski definition) is 0. The van der Waals surface area contributed by atoms with E-state index in [1.165, 1.54) is 24.8 Å². The molecule has 1 nitrogen and oxygen atoms in total. The second-order valence-corrected chi connectivity index (χ2v) is 10.4. The minimum absolute atomic E-state index is 0.676. The van der Waals surface area contributed by atoms with Crippen LogP contribution in [0.15, 0.2) is 11.6 Å². The van der Waals surface area contributed by atoms with E-state index in [4.69, 9.17) is 0 Å². The molecule has 13 heavy (non-hydrogen) atoms. The van der Waals surface area contributed by atoms with Crippen LogP contribution in [0.2, 0.25) is 25.2 Å². The van der Waals surface area contributed by atoms with Gasteiger partial charge in [-0.05, 0) is 24.8 Å². The fourth-order valence-electron chi connectivity index (χ4n) is 2.25.